The van der Waals surface area contributed by atoms with Gasteiger partial charge in [-0.15, -0.1) is 0 Å². The maximum absolute atomic E-state index is 11.8. The van der Waals surface area contributed by atoms with Crippen LogP contribution in [0.2, 0.25) is 0 Å². The van der Waals surface area contributed by atoms with Crippen molar-refractivity contribution in [2.75, 3.05) is 23.5 Å². The molecule has 45 heavy (non-hydrogen) atoms. The summed E-state index contributed by atoms with van der Waals surface area (Å²) in [4.78, 5) is 24.8. The fraction of sp³-hybridized carbons (Fsp3) is 0.750. The molecule has 3 heterocycles. The standard InChI is InChI=1S/C14H24N6O2S2.C13H23N3O3S.CH4/c1-7(2)11-17-13(21-19-11)9(15)5-23-24-6-10(16)14-18-12(8(3)4)20-22-14;1-8(2)10-15-11(19-16-10)9(7-20-6)14-12(17)18-13(3,4)5;/h7-10H,5-6,15-16H2,1-4H3;8-9H,7H2,1-6H3,(H,14,17);1H4/t9-,10-;9-;/m00./s1. The van der Waals surface area contributed by atoms with Gasteiger partial charge in [0.25, 0.3) is 0 Å². The number of aromatic nitrogens is 6. The largest absolute Gasteiger partial charge is 0.444 e. The van der Waals surface area contributed by atoms with Gasteiger partial charge in [0.15, 0.2) is 17.5 Å². The lowest BCUT2D eigenvalue weighted by Crippen LogP contribution is -2.36. The van der Waals surface area contributed by atoms with Crippen molar-refractivity contribution in [3.8, 4) is 0 Å². The number of carbonyl (C=O) groups is 1. The minimum absolute atomic E-state index is 0. The van der Waals surface area contributed by atoms with Crippen LogP contribution in [0.5, 0.6) is 0 Å². The van der Waals surface area contributed by atoms with E-state index in [9.17, 15) is 4.79 Å². The van der Waals surface area contributed by atoms with Crippen molar-refractivity contribution in [1.29, 1.82) is 0 Å². The number of alkyl carbamates (subject to hydrolysis) is 1. The van der Waals surface area contributed by atoms with Crippen molar-refractivity contribution in [3.63, 3.8) is 0 Å². The molecule has 3 rings (SSSR count). The Labute approximate surface area is 278 Å². The second-order valence-corrected chi connectivity index (χ2v) is 15.3. The van der Waals surface area contributed by atoms with Gasteiger partial charge in [-0.1, -0.05) is 86.0 Å². The van der Waals surface area contributed by atoms with Crippen LogP contribution in [-0.2, 0) is 4.74 Å². The maximum atomic E-state index is 11.8. The van der Waals surface area contributed by atoms with Crippen molar-refractivity contribution >= 4 is 39.4 Å². The summed E-state index contributed by atoms with van der Waals surface area (Å²) in [6, 6.07) is -0.941. The van der Waals surface area contributed by atoms with Gasteiger partial charge >= 0.3 is 6.09 Å². The highest BCUT2D eigenvalue weighted by molar-refractivity contribution is 8.76. The number of thioether (sulfide) groups is 1. The number of carbonyl (C=O) groups excluding carboxylic acids is 1. The Kier molecular flexibility index (Phi) is 17.5. The predicted molar refractivity (Wildman–Crippen MR) is 181 cm³/mol. The van der Waals surface area contributed by atoms with Crippen LogP contribution in [0.25, 0.3) is 0 Å². The highest BCUT2D eigenvalue weighted by Gasteiger charge is 2.25. The first kappa shape index (κ1) is 40.7. The minimum Gasteiger partial charge on any atom is -0.444 e. The molecule has 17 heteroatoms. The van der Waals surface area contributed by atoms with Gasteiger partial charge in [-0.25, -0.2) is 4.79 Å². The van der Waals surface area contributed by atoms with E-state index in [1.54, 1.807) is 33.3 Å². The molecular formula is C28H51N9O5S3. The Morgan fingerprint density at radius 3 is 1.47 bits per heavy atom. The molecule has 3 aromatic rings. The van der Waals surface area contributed by atoms with Gasteiger partial charge in [0.05, 0.1) is 12.1 Å². The number of hydrogen-bond acceptors (Lipinski definition) is 16. The van der Waals surface area contributed by atoms with Crippen LogP contribution in [0, 0.1) is 0 Å². The molecule has 3 aromatic heterocycles. The van der Waals surface area contributed by atoms with Gasteiger partial charge in [-0.3, -0.25) is 0 Å². The number of hydrogen-bond donors (Lipinski definition) is 3. The van der Waals surface area contributed by atoms with Crippen LogP contribution in [0.4, 0.5) is 4.79 Å². The molecule has 0 fully saturated rings. The Morgan fingerprint density at radius 2 is 1.13 bits per heavy atom. The zero-order valence-corrected chi connectivity index (χ0v) is 29.6. The van der Waals surface area contributed by atoms with Crippen LogP contribution in [0.15, 0.2) is 13.6 Å². The van der Waals surface area contributed by atoms with Gasteiger partial charge in [-0.05, 0) is 27.0 Å². The first-order chi connectivity index (χ1) is 20.6. The molecule has 0 saturated carbocycles. The zero-order valence-electron chi connectivity index (χ0n) is 27.2. The number of nitrogens with two attached hydrogens (primary N) is 2. The van der Waals surface area contributed by atoms with E-state index in [1.165, 1.54) is 0 Å². The molecule has 0 aromatic carbocycles. The molecule has 1 amide bonds. The number of amides is 1. The Balaban J connectivity index is 0.000000448. The predicted octanol–water partition coefficient (Wildman–Crippen LogP) is 6.54. The fourth-order valence-electron chi connectivity index (χ4n) is 3.06. The van der Waals surface area contributed by atoms with Crippen molar-refractivity contribution in [3.05, 3.63) is 35.1 Å². The lowest BCUT2D eigenvalue weighted by Gasteiger charge is -2.21. The SMILES string of the molecule is C.CC(C)c1noc([C@@H](N)CSSC[C@H](N)c2nc(C(C)C)no2)n1.CSC[C@H](NC(=O)OC(C)(C)C)c1nc(C(C)C)no1. The lowest BCUT2D eigenvalue weighted by atomic mass is 10.2. The van der Waals surface area contributed by atoms with Gasteiger partial charge < -0.3 is 35.1 Å². The Hall–Kier alpha value is -2.34. The first-order valence-electron chi connectivity index (χ1n) is 14.4. The molecule has 0 radical (unpaired) electrons. The molecule has 0 aliphatic rings. The van der Waals surface area contributed by atoms with Crippen molar-refractivity contribution in [2.45, 2.75) is 111 Å². The molecule has 0 aliphatic heterocycles. The van der Waals surface area contributed by atoms with Crippen molar-refractivity contribution < 1.29 is 23.1 Å². The van der Waals surface area contributed by atoms with E-state index >= 15 is 0 Å². The second kappa shape index (κ2) is 19.4. The van der Waals surface area contributed by atoms with Gasteiger partial charge in [-0.2, -0.15) is 26.7 Å². The van der Waals surface area contributed by atoms with Gasteiger partial charge in [0.2, 0.25) is 17.7 Å². The minimum atomic E-state index is -0.536. The summed E-state index contributed by atoms with van der Waals surface area (Å²) in [5, 5.41) is 14.5. The summed E-state index contributed by atoms with van der Waals surface area (Å²) in [5.74, 6) is 5.91. The molecule has 0 unspecified atom stereocenters. The fourth-order valence-corrected chi connectivity index (χ4v) is 5.85. The third-order valence-corrected chi connectivity index (χ3v) is 8.60. The molecule has 256 valence electrons. The van der Waals surface area contributed by atoms with Crippen molar-refractivity contribution in [1.82, 2.24) is 35.7 Å². The second-order valence-electron chi connectivity index (χ2n) is 11.9. The van der Waals surface area contributed by atoms with Crippen LogP contribution in [0.3, 0.4) is 0 Å². The van der Waals surface area contributed by atoms with Crippen LogP contribution < -0.4 is 16.8 Å². The molecular weight excluding hydrogens is 639 g/mol. The molecule has 14 nitrogen and oxygen atoms in total. The summed E-state index contributed by atoms with van der Waals surface area (Å²) in [5.41, 5.74) is 11.6. The van der Waals surface area contributed by atoms with E-state index < -0.39 is 11.7 Å². The van der Waals surface area contributed by atoms with Gasteiger partial charge in [0, 0.05) is 35.0 Å². The monoisotopic (exact) mass is 689 g/mol. The first-order valence-corrected chi connectivity index (χ1v) is 18.2. The summed E-state index contributed by atoms with van der Waals surface area (Å²) in [6.45, 7) is 17.5. The molecule has 0 saturated heterocycles. The van der Waals surface area contributed by atoms with E-state index in [0.717, 1.165) is 0 Å². The number of nitrogens with zero attached hydrogens (tertiary/aromatic N) is 6. The molecule has 0 spiro atoms. The Morgan fingerprint density at radius 1 is 0.756 bits per heavy atom. The highest BCUT2D eigenvalue weighted by Crippen LogP contribution is 2.29. The van der Waals surface area contributed by atoms with E-state index in [-0.39, 0.29) is 43.3 Å². The third kappa shape index (κ3) is 14.3. The summed E-state index contributed by atoms with van der Waals surface area (Å²) < 4.78 is 20.9. The zero-order chi connectivity index (χ0) is 33.0. The molecule has 0 aliphatic carbocycles. The lowest BCUT2D eigenvalue weighted by molar-refractivity contribution is 0.0500. The summed E-state index contributed by atoms with van der Waals surface area (Å²) in [6.07, 6.45) is 1.46. The van der Waals surface area contributed by atoms with E-state index in [2.05, 4.69) is 35.7 Å². The quantitative estimate of drug-likeness (QED) is 0.121. The molecule has 5 N–H and O–H groups in total. The smallest absolute Gasteiger partial charge is 0.408 e. The van der Waals surface area contributed by atoms with Gasteiger partial charge in [0.1, 0.15) is 11.6 Å². The Bertz CT molecular complexity index is 1210. The van der Waals surface area contributed by atoms with Crippen LogP contribution in [-0.4, -0.2) is 65.6 Å². The van der Waals surface area contributed by atoms with Crippen molar-refractivity contribution in [2.24, 2.45) is 11.5 Å². The van der Waals surface area contributed by atoms with Crippen LogP contribution >= 0.6 is 33.3 Å². The van der Waals surface area contributed by atoms with E-state index in [0.29, 0.717) is 52.4 Å². The van der Waals surface area contributed by atoms with E-state index in [4.69, 9.17) is 29.8 Å². The highest BCUT2D eigenvalue weighted by atomic mass is 33.1. The molecule has 3 atom stereocenters. The third-order valence-electron chi connectivity index (χ3n) is 5.46. The normalized spacial score (nSPS) is 13.7. The summed E-state index contributed by atoms with van der Waals surface area (Å²) >= 11 is 1.58. The average molecular weight is 690 g/mol. The summed E-state index contributed by atoms with van der Waals surface area (Å²) in [7, 11) is 3.21. The number of nitrogens with one attached hydrogen (secondary N) is 1. The average Bonchev–Trinajstić information content (AvgIpc) is 3.71. The topological polar surface area (TPSA) is 207 Å². The maximum Gasteiger partial charge on any atom is 0.408 e. The van der Waals surface area contributed by atoms with Crippen LogP contribution in [0.1, 0.15) is 141 Å². The van der Waals surface area contributed by atoms with E-state index in [1.807, 2.05) is 68.6 Å². The number of ether oxygens (including phenoxy) is 1. The number of rotatable bonds is 14. The molecule has 0 bridgehead atoms.